The van der Waals surface area contributed by atoms with E-state index in [4.69, 9.17) is 30.5 Å². The monoisotopic (exact) mass is 606 g/mol. The summed E-state index contributed by atoms with van der Waals surface area (Å²) in [6, 6.07) is 39.5. The van der Waals surface area contributed by atoms with Gasteiger partial charge >= 0.3 is 0 Å². The Morgan fingerprint density at radius 1 is 0.727 bits per heavy atom. The van der Waals surface area contributed by atoms with Gasteiger partial charge in [-0.15, -0.1) is 0 Å². The van der Waals surface area contributed by atoms with Gasteiger partial charge in [0.1, 0.15) is 5.75 Å². The zero-order valence-corrected chi connectivity index (χ0v) is 25.9. The second kappa shape index (κ2) is 14.9. The Balaban J connectivity index is 1.27. The summed E-state index contributed by atoms with van der Waals surface area (Å²) in [4.78, 5) is 0. The van der Waals surface area contributed by atoms with Gasteiger partial charge in [0.15, 0.2) is 0 Å². The molecular weight excluding hydrogens is 568 g/mol. The minimum atomic E-state index is -0.156. The molecule has 5 heteroatoms. The van der Waals surface area contributed by atoms with E-state index in [2.05, 4.69) is 72.8 Å². The predicted molar refractivity (Wildman–Crippen MR) is 177 cm³/mol. The molecule has 1 heterocycles. The van der Waals surface area contributed by atoms with Crippen molar-refractivity contribution in [1.29, 1.82) is 0 Å². The zero-order chi connectivity index (χ0) is 30.1. The molecule has 226 valence electrons. The molecule has 3 unspecified atom stereocenters. The van der Waals surface area contributed by atoms with Crippen LogP contribution in [0.4, 0.5) is 0 Å². The van der Waals surface area contributed by atoms with Crippen LogP contribution in [0, 0.1) is 0 Å². The van der Waals surface area contributed by atoms with Crippen LogP contribution in [0.25, 0.3) is 10.8 Å². The predicted octanol–water partition coefficient (Wildman–Crippen LogP) is 9.50. The van der Waals surface area contributed by atoms with E-state index in [1.807, 2.05) is 49.4 Å². The molecule has 5 aromatic rings. The third-order valence-corrected chi connectivity index (χ3v) is 8.61. The Labute approximate surface area is 265 Å². The van der Waals surface area contributed by atoms with Crippen LogP contribution < -0.4 is 4.74 Å². The number of halogens is 1. The van der Waals surface area contributed by atoms with Gasteiger partial charge in [0.05, 0.1) is 49.8 Å². The zero-order valence-electron chi connectivity index (χ0n) is 25.2. The van der Waals surface area contributed by atoms with Crippen LogP contribution in [-0.2, 0) is 33.8 Å². The summed E-state index contributed by atoms with van der Waals surface area (Å²) in [7, 11) is 0. The average Bonchev–Trinajstić information content (AvgIpc) is 3.07. The molecular formula is C39H39ClO4. The first-order valence-electron chi connectivity index (χ1n) is 15.5. The summed E-state index contributed by atoms with van der Waals surface area (Å²) < 4.78 is 25.2. The minimum absolute atomic E-state index is 0.0308. The molecule has 1 fully saturated rings. The number of hydrogen-bond donors (Lipinski definition) is 0. The van der Waals surface area contributed by atoms with E-state index in [1.54, 1.807) is 0 Å². The SMILES string of the molecule is CCOc1ccc(Cc2cc(C3CC(OCc4ccccc4)CC(COCc4ccccc4)O3)c3ccccc3c2Cl)cc1. The van der Waals surface area contributed by atoms with Crippen LogP contribution >= 0.6 is 11.6 Å². The molecule has 0 radical (unpaired) electrons. The van der Waals surface area contributed by atoms with Crippen LogP contribution in [0.2, 0.25) is 5.02 Å². The molecule has 0 saturated carbocycles. The first kappa shape index (κ1) is 30.4. The molecule has 0 spiro atoms. The van der Waals surface area contributed by atoms with Gasteiger partial charge in [0, 0.05) is 18.2 Å². The van der Waals surface area contributed by atoms with E-state index in [0.717, 1.165) is 51.1 Å². The molecule has 4 nitrogen and oxygen atoms in total. The van der Waals surface area contributed by atoms with E-state index in [9.17, 15) is 0 Å². The molecule has 1 aliphatic rings. The first-order chi connectivity index (χ1) is 21.7. The molecule has 3 atom stereocenters. The summed E-state index contributed by atoms with van der Waals surface area (Å²) in [5.41, 5.74) is 5.73. The molecule has 5 aromatic carbocycles. The molecule has 1 aliphatic heterocycles. The maximum Gasteiger partial charge on any atom is 0.119 e. The molecule has 0 N–H and O–H groups in total. The second-order valence-electron chi connectivity index (χ2n) is 11.4. The number of ether oxygens (including phenoxy) is 4. The Morgan fingerprint density at radius 3 is 2.09 bits per heavy atom. The van der Waals surface area contributed by atoms with E-state index in [-0.39, 0.29) is 18.3 Å². The van der Waals surface area contributed by atoms with Gasteiger partial charge in [-0.05, 0) is 58.7 Å². The Hall–Kier alpha value is -3.67. The number of hydrogen-bond acceptors (Lipinski definition) is 4. The molecule has 0 aromatic heterocycles. The lowest BCUT2D eigenvalue weighted by atomic mass is 9.89. The largest absolute Gasteiger partial charge is 0.494 e. The van der Waals surface area contributed by atoms with Crippen molar-refractivity contribution in [2.45, 2.75) is 57.7 Å². The van der Waals surface area contributed by atoms with Gasteiger partial charge in [0.25, 0.3) is 0 Å². The molecule has 0 aliphatic carbocycles. The standard InChI is InChI=1S/C39H39ClO4/c1-2-42-32-19-17-28(18-20-32)21-31-22-37(35-15-9-10-16-36(35)39(31)40)38-24-33(43-26-30-13-7-4-8-14-30)23-34(44-38)27-41-25-29-11-5-3-6-12-29/h3-20,22,33-34,38H,2,21,23-27H2,1H3. The van der Waals surface area contributed by atoms with Crippen LogP contribution in [-0.4, -0.2) is 25.4 Å². The van der Waals surface area contributed by atoms with E-state index < -0.39 is 0 Å². The van der Waals surface area contributed by atoms with Gasteiger partial charge in [-0.2, -0.15) is 0 Å². The smallest absolute Gasteiger partial charge is 0.119 e. The maximum atomic E-state index is 7.07. The summed E-state index contributed by atoms with van der Waals surface area (Å²) in [6.45, 7) is 4.27. The lowest BCUT2D eigenvalue weighted by Gasteiger charge is -2.36. The Bertz CT molecular complexity index is 1620. The molecule has 44 heavy (non-hydrogen) atoms. The van der Waals surface area contributed by atoms with Crippen LogP contribution in [0.1, 0.15) is 53.7 Å². The molecule has 0 amide bonds. The van der Waals surface area contributed by atoms with Gasteiger partial charge in [0.2, 0.25) is 0 Å². The third-order valence-electron chi connectivity index (χ3n) is 8.17. The van der Waals surface area contributed by atoms with E-state index in [1.165, 1.54) is 11.1 Å². The topological polar surface area (TPSA) is 36.9 Å². The van der Waals surface area contributed by atoms with Crippen molar-refractivity contribution in [1.82, 2.24) is 0 Å². The minimum Gasteiger partial charge on any atom is -0.494 e. The van der Waals surface area contributed by atoms with Gasteiger partial charge in [-0.25, -0.2) is 0 Å². The van der Waals surface area contributed by atoms with Crippen molar-refractivity contribution in [3.63, 3.8) is 0 Å². The summed E-state index contributed by atoms with van der Waals surface area (Å²) in [5, 5.41) is 2.94. The van der Waals surface area contributed by atoms with Crippen molar-refractivity contribution in [2.75, 3.05) is 13.2 Å². The average molecular weight is 607 g/mol. The van der Waals surface area contributed by atoms with Crippen molar-refractivity contribution < 1.29 is 18.9 Å². The highest BCUT2D eigenvalue weighted by molar-refractivity contribution is 6.36. The van der Waals surface area contributed by atoms with Crippen LogP contribution in [0.5, 0.6) is 5.75 Å². The quantitative estimate of drug-likeness (QED) is 0.142. The van der Waals surface area contributed by atoms with Crippen molar-refractivity contribution >= 4 is 22.4 Å². The highest BCUT2D eigenvalue weighted by Gasteiger charge is 2.33. The Morgan fingerprint density at radius 2 is 1.39 bits per heavy atom. The number of rotatable bonds is 12. The van der Waals surface area contributed by atoms with Gasteiger partial charge in [-0.1, -0.05) is 115 Å². The normalized spacial score (nSPS) is 18.4. The summed E-state index contributed by atoms with van der Waals surface area (Å²) in [5.74, 6) is 0.874. The molecule has 1 saturated heterocycles. The van der Waals surface area contributed by atoms with Gasteiger partial charge in [-0.3, -0.25) is 0 Å². The van der Waals surface area contributed by atoms with Crippen LogP contribution in [0.3, 0.4) is 0 Å². The fourth-order valence-corrected chi connectivity index (χ4v) is 6.29. The van der Waals surface area contributed by atoms with Gasteiger partial charge < -0.3 is 18.9 Å². The van der Waals surface area contributed by atoms with E-state index in [0.29, 0.717) is 32.8 Å². The van der Waals surface area contributed by atoms with Crippen molar-refractivity contribution in [3.8, 4) is 5.75 Å². The first-order valence-corrected chi connectivity index (χ1v) is 15.9. The summed E-state index contributed by atoms with van der Waals surface area (Å²) >= 11 is 7.07. The van der Waals surface area contributed by atoms with E-state index >= 15 is 0 Å². The van der Waals surface area contributed by atoms with Crippen molar-refractivity contribution in [2.24, 2.45) is 0 Å². The highest BCUT2D eigenvalue weighted by Crippen LogP contribution is 2.40. The Kier molecular flexibility index (Phi) is 10.3. The fourth-order valence-electron chi connectivity index (χ4n) is 6.00. The van der Waals surface area contributed by atoms with Crippen LogP contribution in [0.15, 0.2) is 115 Å². The fraction of sp³-hybridized carbons (Fsp3) is 0.282. The lowest BCUT2D eigenvalue weighted by molar-refractivity contribution is -0.141. The number of fused-ring (bicyclic) bond motifs is 1. The second-order valence-corrected chi connectivity index (χ2v) is 11.8. The lowest BCUT2D eigenvalue weighted by Crippen LogP contribution is -2.35. The molecule has 0 bridgehead atoms. The summed E-state index contributed by atoms with van der Waals surface area (Å²) in [6.07, 6.45) is 2.04. The molecule has 6 rings (SSSR count). The number of benzene rings is 5. The highest BCUT2D eigenvalue weighted by atomic mass is 35.5. The third kappa shape index (κ3) is 7.69. The van der Waals surface area contributed by atoms with Crippen molar-refractivity contribution in [3.05, 3.63) is 148 Å². The maximum absolute atomic E-state index is 7.07.